The van der Waals surface area contributed by atoms with Gasteiger partial charge in [0.05, 0.1) is 6.10 Å². The second kappa shape index (κ2) is 5.45. The number of nitrogens with one attached hydrogen (secondary N) is 1. The van der Waals surface area contributed by atoms with E-state index >= 15 is 0 Å². The van der Waals surface area contributed by atoms with E-state index in [4.69, 9.17) is 4.74 Å². The maximum absolute atomic E-state index is 12.9. The molecule has 0 spiro atoms. The van der Waals surface area contributed by atoms with Gasteiger partial charge in [-0.05, 0) is 44.9 Å². The summed E-state index contributed by atoms with van der Waals surface area (Å²) in [4.78, 5) is 0. The molecule has 1 atom stereocenters. The fourth-order valence-electron chi connectivity index (χ4n) is 1.62. The van der Waals surface area contributed by atoms with Gasteiger partial charge in [-0.3, -0.25) is 0 Å². The Hall–Kier alpha value is -1.16. The van der Waals surface area contributed by atoms with E-state index in [0.29, 0.717) is 11.8 Å². The lowest BCUT2D eigenvalue weighted by molar-refractivity contribution is 0.208. The van der Waals surface area contributed by atoms with Crippen LogP contribution in [0.2, 0.25) is 0 Å². The summed E-state index contributed by atoms with van der Waals surface area (Å²) in [5.41, 5.74) is 0. The van der Waals surface area contributed by atoms with Gasteiger partial charge < -0.3 is 10.1 Å². The average Bonchev–Trinajstić information content (AvgIpc) is 3.07. The van der Waals surface area contributed by atoms with Crippen LogP contribution in [0.15, 0.2) is 18.2 Å². The van der Waals surface area contributed by atoms with E-state index in [1.165, 1.54) is 18.9 Å². The smallest absolute Gasteiger partial charge is 0.162 e. The quantitative estimate of drug-likeness (QED) is 0.827. The summed E-state index contributed by atoms with van der Waals surface area (Å²) in [6.07, 6.45) is 3.37. The van der Waals surface area contributed by atoms with Crippen molar-refractivity contribution in [3.63, 3.8) is 0 Å². The van der Waals surface area contributed by atoms with Crippen molar-refractivity contribution in [1.82, 2.24) is 5.32 Å². The van der Waals surface area contributed by atoms with Crippen molar-refractivity contribution < 1.29 is 13.5 Å². The minimum absolute atomic E-state index is 0.00823. The Bertz CT molecular complexity index is 380. The summed E-state index contributed by atoms with van der Waals surface area (Å²) < 4.78 is 31.1. The molecule has 2 rings (SSSR count). The van der Waals surface area contributed by atoms with Crippen molar-refractivity contribution in [1.29, 1.82) is 0 Å². The molecule has 1 aromatic rings. The lowest BCUT2D eigenvalue weighted by Gasteiger charge is -2.15. The third-order valence-electron chi connectivity index (χ3n) is 2.79. The van der Waals surface area contributed by atoms with Gasteiger partial charge in [0.1, 0.15) is 5.75 Å². The van der Waals surface area contributed by atoms with E-state index in [0.717, 1.165) is 25.1 Å². The maximum atomic E-state index is 12.9. The third kappa shape index (κ3) is 3.97. The van der Waals surface area contributed by atoms with Gasteiger partial charge in [-0.2, -0.15) is 0 Å². The van der Waals surface area contributed by atoms with Gasteiger partial charge in [0.15, 0.2) is 11.6 Å². The second-order valence-electron chi connectivity index (χ2n) is 4.52. The molecule has 94 valence electrons. The fourth-order valence-corrected chi connectivity index (χ4v) is 1.62. The van der Waals surface area contributed by atoms with Gasteiger partial charge in [0.2, 0.25) is 0 Å². The predicted octanol–water partition coefficient (Wildman–Crippen LogP) is 2.87. The summed E-state index contributed by atoms with van der Waals surface area (Å²) in [7, 11) is 0. The van der Waals surface area contributed by atoms with Gasteiger partial charge in [0.25, 0.3) is 0 Å². The van der Waals surface area contributed by atoms with Crippen LogP contribution >= 0.6 is 0 Å². The summed E-state index contributed by atoms with van der Waals surface area (Å²) in [5, 5.41) is 3.38. The molecule has 1 N–H and O–H groups in total. The van der Waals surface area contributed by atoms with E-state index in [9.17, 15) is 8.78 Å². The number of hydrogen-bond acceptors (Lipinski definition) is 2. The van der Waals surface area contributed by atoms with Gasteiger partial charge in [0, 0.05) is 12.1 Å². The molecule has 0 heterocycles. The molecular formula is C13H17F2NO. The van der Waals surface area contributed by atoms with E-state index in [2.05, 4.69) is 5.32 Å². The Morgan fingerprint density at radius 2 is 2.12 bits per heavy atom. The Morgan fingerprint density at radius 1 is 1.35 bits per heavy atom. The molecule has 4 heteroatoms. The molecule has 0 radical (unpaired) electrons. The van der Waals surface area contributed by atoms with Crippen LogP contribution in [-0.2, 0) is 0 Å². The van der Waals surface area contributed by atoms with Gasteiger partial charge in [-0.15, -0.1) is 0 Å². The number of hydrogen-bond donors (Lipinski definition) is 1. The molecule has 17 heavy (non-hydrogen) atoms. The summed E-state index contributed by atoms with van der Waals surface area (Å²) in [6, 6.07) is 4.30. The normalized spacial score (nSPS) is 16.9. The lowest BCUT2D eigenvalue weighted by atomic mass is 10.2. The highest BCUT2D eigenvalue weighted by molar-refractivity contribution is 5.23. The van der Waals surface area contributed by atoms with Crippen LogP contribution in [0.3, 0.4) is 0 Å². The van der Waals surface area contributed by atoms with E-state index in [1.54, 1.807) is 0 Å². The molecular weight excluding hydrogens is 224 g/mol. The van der Waals surface area contributed by atoms with Gasteiger partial charge in [-0.1, -0.05) is 0 Å². The molecule has 0 aromatic heterocycles. The second-order valence-corrected chi connectivity index (χ2v) is 4.52. The number of halogens is 2. The first kappa shape index (κ1) is 12.3. The predicted molar refractivity (Wildman–Crippen MR) is 62.1 cm³/mol. The Morgan fingerprint density at radius 3 is 2.76 bits per heavy atom. The van der Waals surface area contributed by atoms with Crippen molar-refractivity contribution in [3.05, 3.63) is 29.8 Å². The van der Waals surface area contributed by atoms with Crippen LogP contribution in [0.1, 0.15) is 26.2 Å². The van der Waals surface area contributed by atoms with Crippen LogP contribution in [0.25, 0.3) is 0 Å². The zero-order chi connectivity index (χ0) is 12.3. The highest BCUT2D eigenvalue weighted by Gasteiger charge is 2.20. The van der Waals surface area contributed by atoms with Crippen molar-refractivity contribution in [2.24, 2.45) is 0 Å². The summed E-state index contributed by atoms with van der Waals surface area (Å²) in [5.74, 6) is -1.34. The largest absolute Gasteiger partial charge is 0.491 e. The molecule has 1 unspecified atom stereocenters. The van der Waals surface area contributed by atoms with E-state index < -0.39 is 11.6 Å². The van der Waals surface area contributed by atoms with Crippen molar-refractivity contribution in [2.45, 2.75) is 38.3 Å². The molecule has 2 nitrogen and oxygen atoms in total. The molecule has 1 aliphatic rings. The number of benzene rings is 1. The van der Waals surface area contributed by atoms with E-state index in [-0.39, 0.29) is 6.10 Å². The molecule has 0 saturated heterocycles. The Labute approximate surface area is 100.0 Å². The minimum Gasteiger partial charge on any atom is -0.491 e. The lowest BCUT2D eigenvalue weighted by Crippen LogP contribution is -2.23. The topological polar surface area (TPSA) is 21.3 Å². The SMILES string of the molecule is CC(CCNC1CC1)Oc1ccc(F)c(F)c1. The van der Waals surface area contributed by atoms with Crippen molar-refractivity contribution in [3.8, 4) is 5.75 Å². The van der Waals surface area contributed by atoms with Gasteiger partial charge >= 0.3 is 0 Å². The van der Waals surface area contributed by atoms with E-state index in [1.807, 2.05) is 6.92 Å². The highest BCUT2D eigenvalue weighted by Crippen LogP contribution is 2.19. The zero-order valence-electron chi connectivity index (χ0n) is 9.88. The molecule has 1 aliphatic carbocycles. The third-order valence-corrected chi connectivity index (χ3v) is 2.79. The van der Waals surface area contributed by atoms with Crippen molar-refractivity contribution in [2.75, 3.05) is 6.54 Å². The molecule has 1 aromatic carbocycles. The first-order valence-electron chi connectivity index (χ1n) is 6.00. The van der Waals surface area contributed by atoms with Crippen LogP contribution in [0, 0.1) is 11.6 Å². The minimum atomic E-state index is -0.870. The molecule has 0 amide bonds. The first-order valence-corrected chi connectivity index (χ1v) is 6.00. The Balaban J connectivity index is 1.75. The summed E-state index contributed by atoms with van der Waals surface area (Å²) in [6.45, 7) is 2.82. The fraction of sp³-hybridized carbons (Fsp3) is 0.538. The van der Waals surface area contributed by atoms with Crippen LogP contribution in [0.5, 0.6) is 5.75 Å². The van der Waals surface area contributed by atoms with Crippen molar-refractivity contribution >= 4 is 0 Å². The molecule has 0 bridgehead atoms. The number of rotatable bonds is 6. The molecule has 1 saturated carbocycles. The van der Waals surface area contributed by atoms with Gasteiger partial charge in [-0.25, -0.2) is 8.78 Å². The first-order chi connectivity index (χ1) is 8.15. The number of ether oxygens (including phenoxy) is 1. The Kier molecular flexibility index (Phi) is 3.94. The van der Waals surface area contributed by atoms with Crippen LogP contribution in [-0.4, -0.2) is 18.7 Å². The maximum Gasteiger partial charge on any atom is 0.162 e. The van der Waals surface area contributed by atoms with Crippen LogP contribution < -0.4 is 10.1 Å². The highest BCUT2D eigenvalue weighted by atomic mass is 19.2. The molecule has 0 aliphatic heterocycles. The average molecular weight is 241 g/mol. The van der Waals surface area contributed by atoms with Crippen LogP contribution in [0.4, 0.5) is 8.78 Å². The molecule has 1 fully saturated rings. The standard InChI is InChI=1S/C13H17F2NO/c1-9(6-7-16-10-2-3-10)17-11-4-5-12(14)13(15)8-11/h4-5,8-10,16H,2-3,6-7H2,1H3. The zero-order valence-corrected chi connectivity index (χ0v) is 9.88. The monoisotopic (exact) mass is 241 g/mol. The summed E-state index contributed by atoms with van der Waals surface area (Å²) >= 11 is 0.